The lowest BCUT2D eigenvalue weighted by atomic mass is 10.2. The third kappa shape index (κ3) is 4.66. The van der Waals surface area contributed by atoms with Gasteiger partial charge < -0.3 is 10.2 Å². The minimum atomic E-state index is -0.700. The third-order valence-corrected chi connectivity index (χ3v) is 5.22. The summed E-state index contributed by atoms with van der Waals surface area (Å²) in [7, 11) is 0. The normalized spacial score (nSPS) is 11.0. The quantitative estimate of drug-likeness (QED) is 0.526. The smallest absolute Gasteiger partial charge is 0.330 e. The number of unbranched alkanes of at least 4 members (excludes halogenated alkanes) is 2. The average Bonchev–Trinajstić information content (AvgIpc) is 3.17. The van der Waals surface area contributed by atoms with Crippen molar-refractivity contribution in [2.45, 2.75) is 53.0 Å². The highest BCUT2D eigenvalue weighted by Crippen LogP contribution is 2.25. The second-order valence-electron chi connectivity index (χ2n) is 7.60. The van der Waals surface area contributed by atoms with Crippen molar-refractivity contribution in [3.63, 3.8) is 0 Å². The first-order valence-corrected chi connectivity index (χ1v) is 10.9. The molecule has 0 bridgehead atoms. The van der Waals surface area contributed by atoms with Crippen LogP contribution in [0.4, 0.5) is 11.5 Å². The van der Waals surface area contributed by atoms with Crippen molar-refractivity contribution in [3.8, 4) is 11.5 Å². The molecule has 1 aromatic carbocycles. The van der Waals surface area contributed by atoms with Gasteiger partial charge in [0, 0.05) is 18.7 Å². The summed E-state index contributed by atoms with van der Waals surface area (Å²) in [5.41, 5.74) is 5.77. The molecule has 0 fully saturated rings. The van der Waals surface area contributed by atoms with Gasteiger partial charge in [-0.1, -0.05) is 44.9 Å². The summed E-state index contributed by atoms with van der Waals surface area (Å²) in [5.74, 6) is 0.127. The summed E-state index contributed by atoms with van der Waals surface area (Å²) in [4.78, 5) is 46.6. The number of anilines is 2. The predicted molar refractivity (Wildman–Crippen MR) is 124 cm³/mol. The first-order chi connectivity index (χ1) is 15.4. The Morgan fingerprint density at radius 2 is 1.84 bits per heavy atom. The zero-order chi connectivity index (χ0) is 23.3. The monoisotopic (exact) mass is 439 g/mol. The van der Waals surface area contributed by atoms with E-state index in [9.17, 15) is 14.4 Å². The van der Waals surface area contributed by atoms with Gasteiger partial charge in [0.1, 0.15) is 11.6 Å². The van der Waals surface area contributed by atoms with Crippen LogP contribution < -0.4 is 21.9 Å². The Balaban J connectivity index is 2.08. The molecule has 9 heteroatoms. The highest BCUT2D eigenvalue weighted by Gasteiger charge is 2.29. The van der Waals surface area contributed by atoms with Crippen molar-refractivity contribution >= 4 is 17.4 Å². The molecule has 3 N–H and O–H groups in total. The Morgan fingerprint density at radius 1 is 1.16 bits per heavy atom. The van der Waals surface area contributed by atoms with E-state index in [1.54, 1.807) is 6.92 Å². The third-order valence-electron chi connectivity index (χ3n) is 5.22. The number of carbonyl (C=O) groups excluding carboxylic acids is 1. The molecule has 0 aliphatic rings. The second-order valence-corrected chi connectivity index (χ2v) is 7.60. The summed E-state index contributed by atoms with van der Waals surface area (Å²) in [5, 5.41) is 0. The van der Waals surface area contributed by atoms with E-state index in [4.69, 9.17) is 10.2 Å². The molecule has 0 saturated carbocycles. The Hall–Kier alpha value is -3.62. The molecule has 32 heavy (non-hydrogen) atoms. The van der Waals surface area contributed by atoms with Gasteiger partial charge in [-0.2, -0.15) is 0 Å². The zero-order valence-corrected chi connectivity index (χ0v) is 18.7. The van der Waals surface area contributed by atoms with Crippen LogP contribution in [0.2, 0.25) is 0 Å². The zero-order valence-electron chi connectivity index (χ0n) is 18.7. The molecule has 0 unspecified atom stereocenters. The van der Waals surface area contributed by atoms with Crippen molar-refractivity contribution in [1.82, 2.24) is 14.5 Å². The molecular weight excluding hydrogens is 410 g/mol. The number of aromatic amines is 1. The topological polar surface area (TPSA) is 127 Å². The molecule has 0 aliphatic heterocycles. The Morgan fingerprint density at radius 3 is 2.50 bits per heavy atom. The molecule has 3 rings (SSSR count). The van der Waals surface area contributed by atoms with E-state index in [0.29, 0.717) is 31.0 Å². The van der Waals surface area contributed by atoms with Gasteiger partial charge in [0.2, 0.25) is 5.89 Å². The summed E-state index contributed by atoms with van der Waals surface area (Å²) in [6.45, 7) is 6.22. The Bertz CT molecular complexity index is 1190. The van der Waals surface area contributed by atoms with Crippen molar-refractivity contribution in [1.29, 1.82) is 0 Å². The maximum Gasteiger partial charge on any atom is 0.330 e. The number of carbonyl (C=O) groups is 1. The molecule has 0 saturated heterocycles. The number of nitrogens with one attached hydrogen (secondary N) is 1. The first kappa shape index (κ1) is 23.1. The standard InChI is InChI=1S/C23H29N5O4/c1-4-6-13-27(18-19(24)28(14-7-5-2)23(31)26-20(18)29)22(30)17-15(3)32-21(25-17)16-11-9-8-10-12-16/h8-12H,4-7,13-14,24H2,1-3H3,(H,26,29,31). The van der Waals surface area contributed by atoms with E-state index in [0.717, 1.165) is 18.4 Å². The maximum absolute atomic E-state index is 13.5. The van der Waals surface area contributed by atoms with Crippen LogP contribution in [0, 0.1) is 6.92 Å². The second kappa shape index (κ2) is 10.1. The lowest BCUT2D eigenvalue weighted by Crippen LogP contribution is -2.42. The maximum atomic E-state index is 13.5. The van der Waals surface area contributed by atoms with Gasteiger partial charge >= 0.3 is 5.69 Å². The van der Waals surface area contributed by atoms with Gasteiger partial charge in [-0.15, -0.1) is 0 Å². The number of oxazole rings is 1. The van der Waals surface area contributed by atoms with Crippen LogP contribution in [-0.2, 0) is 6.54 Å². The highest BCUT2D eigenvalue weighted by atomic mass is 16.4. The Kier molecular flexibility index (Phi) is 7.29. The molecule has 0 aliphatic carbocycles. The summed E-state index contributed by atoms with van der Waals surface area (Å²) in [6, 6.07) is 9.25. The fraction of sp³-hybridized carbons (Fsp3) is 0.391. The number of hydrogen-bond acceptors (Lipinski definition) is 6. The summed E-state index contributed by atoms with van der Waals surface area (Å²) < 4.78 is 7.04. The number of benzene rings is 1. The number of nitrogens with zero attached hydrogens (tertiary/aromatic N) is 3. The van der Waals surface area contributed by atoms with Gasteiger partial charge in [-0.05, 0) is 31.9 Å². The van der Waals surface area contributed by atoms with E-state index >= 15 is 0 Å². The molecule has 1 amide bonds. The fourth-order valence-corrected chi connectivity index (χ4v) is 3.43. The van der Waals surface area contributed by atoms with E-state index in [1.165, 1.54) is 9.47 Å². The van der Waals surface area contributed by atoms with Gasteiger partial charge in [-0.25, -0.2) is 9.78 Å². The van der Waals surface area contributed by atoms with Crippen LogP contribution in [0.25, 0.3) is 11.5 Å². The van der Waals surface area contributed by atoms with Crippen molar-refractivity contribution < 1.29 is 9.21 Å². The summed E-state index contributed by atoms with van der Waals surface area (Å²) >= 11 is 0. The SMILES string of the molecule is CCCCN(C(=O)c1nc(-c2ccccc2)oc1C)c1c(N)n(CCCC)c(=O)[nH]c1=O. The van der Waals surface area contributed by atoms with E-state index in [-0.39, 0.29) is 23.7 Å². The van der Waals surface area contributed by atoms with E-state index in [2.05, 4.69) is 9.97 Å². The van der Waals surface area contributed by atoms with Crippen molar-refractivity contribution in [2.24, 2.45) is 0 Å². The lowest BCUT2D eigenvalue weighted by molar-refractivity contribution is 0.0980. The fourth-order valence-electron chi connectivity index (χ4n) is 3.43. The van der Waals surface area contributed by atoms with E-state index < -0.39 is 17.2 Å². The van der Waals surface area contributed by atoms with Crippen LogP contribution >= 0.6 is 0 Å². The number of hydrogen-bond donors (Lipinski definition) is 2. The number of nitrogens with two attached hydrogens (primary N) is 1. The van der Waals surface area contributed by atoms with Crippen LogP contribution in [0.5, 0.6) is 0 Å². The van der Waals surface area contributed by atoms with Crippen molar-refractivity contribution in [3.05, 3.63) is 62.6 Å². The molecule has 2 aromatic heterocycles. The van der Waals surface area contributed by atoms with Gasteiger partial charge in [0.15, 0.2) is 11.4 Å². The largest absolute Gasteiger partial charge is 0.441 e. The Labute approximate surface area is 185 Å². The van der Waals surface area contributed by atoms with Crippen LogP contribution in [0.1, 0.15) is 55.8 Å². The molecule has 2 heterocycles. The average molecular weight is 440 g/mol. The van der Waals surface area contributed by atoms with Gasteiger partial charge in [0.25, 0.3) is 11.5 Å². The molecule has 0 atom stereocenters. The van der Waals surface area contributed by atoms with Crippen molar-refractivity contribution in [2.75, 3.05) is 17.2 Å². The first-order valence-electron chi connectivity index (χ1n) is 10.9. The van der Waals surface area contributed by atoms with Gasteiger partial charge in [-0.3, -0.25) is 24.0 Å². The highest BCUT2D eigenvalue weighted by molar-refractivity contribution is 6.06. The van der Waals surface area contributed by atoms with Gasteiger partial charge in [0.05, 0.1) is 0 Å². The molecule has 170 valence electrons. The molecule has 0 radical (unpaired) electrons. The minimum absolute atomic E-state index is 0.0268. The van der Waals surface area contributed by atoms with Crippen LogP contribution in [0.15, 0.2) is 44.3 Å². The lowest BCUT2D eigenvalue weighted by Gasteiger charge is -2.23. The van der Waals surface area contributed by atoms with Crippen LogP contribution in [-0.4, -0.2) is 27.0 Å². The number of H-pyrrole nitrogens is 1. The number of amides is 1. The number of aryl methyl sites for hydroxylation is 1. The number of aromatic nitrogens is 3. The summed E-state index contributed by atoms with van der Waals surface area (Å²) in [6.07, 6.45) is 2.99. The molecular formula is C23H29N5O4. The number of nitrogen functional groups attached to an aromatic ring is 1. The molecule has 0 spiro atoms. The molecule has 3 aromatic rings. The molecule has 9 nitrogen and oxygen atoms in total. The van der Waals surface area contributed by atoms with Crippen LogP contribution in [0.3, 0.4) is 0 Å². The number of rotatable bonds is 9. The predicted octanol–water partition coefficient (Wildman–Crippen LogP) is 3.33. The minimum Gasteiger partial charge on any atom is -0.441 e. The van der Waals surface area contributed by atoms with E-state index in [1.807, 2.05) is 44.2 Å².